The average molecular weight is 591 g/mol. The van der Waals surface area contributed by atoms with E-state index in [0.29, 0.717) is 35.7 Å². The van der Waals surface area contributed by atoms with Crippen molar-refractivity contribution in [3.63, 3.8) is 0 Å². The molecule has 4 aromatic rings. The topological polar surface area (TPSA) is 129 Å². The molecule has 4 aromatic heterocycles. The Morgan fingerprint density at radius 2 is 1.30 bits per heavy atom. The highest BCUT2D eigenvalue weighted by molar-refractivity contribution is 5.97. The van der Waals surface area contributed by atoms with Gasteiger partial charge in [-0.1, -0.05) is 40.5 Å². The number of aromatic nitrogens is 4. The molecule has 0 amide bonds. The van der Waals surface area contributed by atoms with Gasteiger partial charge < -0.3 is 9.68 Å². The van der Waals surface area contributed by atoms with E-state index < -0.39 is 0 Å². The second-order valence-corrected chi connectivity index (χ2v) is 9.43. The predicted octanol–water partition coefficient (Wildman–Crippen LogP) is 5.36. The molecule has 0 radical (unpaired) electrons. The first-order valence-corrected chi connectivity index (χ1v) is 13.9. The monoisotopic (exact) mass is 590 g/mol. The summed E-state index contributed by atoms with van der Waals surface area (Å²) in [7, 11) is 0. The summed E-state index contributed by atoms with van der Waals surface area (Å²) >= 11 is 0. The number of carbonyl (C=O) groups excluding carboxylic acids is 2. The van der Waals surface area contributed by atoms with E-state index in [4.69, 9.17) is 9.68 Å². The van der Waals surface area contributed by atoms with E-state index >= 15 is 0 Å². The van der Waals surface area contributed by atoms with Crippen molar-refractivity contribution in [1.29, 1.82) is 0 Å². The number of nitrogens with zero attached hydrogens (tertiary/aromatic N) is 6. The van der Waals surface area contributed by atoms with Gasteiger partial charge in [-0.15, -0.1) is 0 Å². The van der Waals surface area contributed by atoms with E-state index in [1.54, 1.807) is 24.3 Å². The molecule has 10 heteroatoms. The normalized spacial score (nSPS) is 10.9. The molecule has 4 heterocycles. The lowest BCUT2D eigenvalue weighted by Crippen LogP contribution is -2.02. The molecule has 224 valence electrons. The molecule has 4 rings (SSSR count). The minimum absolute atomic E-state index is 0.135. The molecule has 0 aliphatic rings. The average Bonchev–Trinajstić information content (AvgIpc) is 3.04. The van der Waals surface area contributed by atoms with Gasteiger partial charge in [-0.2, -0.15) is 0 Å². The number of pyridine rings is 4. The Bertz CT molecular complexity index is 1670. The summed E-state index contributed by atoms with van der Waals surface area (Å²) < 4.78 is 0. The third-order valence-electron chi connectivity index (χ3n) is 5.78. The summed E-state index contributed by atoms with van der Waals surface area (Å²) in [5.41, 5.74) is 7.12. The maximum atomic E-state index is 10.7. The van der Waals surface area contributed by atoms with Crippen LogP contribution in [0.15, 0.2) is 83.1 Å². The third-order valence-corrected chi connectivity index (χ3v) is 5.78. The summed E-state index contributed by atoms with van der Waals surface area (Å²) in [5.74, 6) is 5.61. The van der Waals surface area contributed by atoms with Gasteiger partial charge in [0.25, 0.3) is 0 Å². The van der Waals surface area contributed by atoms with Crippen LogP contribution in [0.2, 0.25) is 0 Å². The molecule has 0 aliphatic carbocycles. The molecular formula is C34H34N6O4. The molecule has 0 fully saturated rings. The first kappa shape index (κ1) is 32.9. The highest BCUT2D eigenvalue weighted by Gasteiger charge is 2.01. The van der Waals surface area contributed by atoms with Crippen molar-refractivity contribution in [3.8, 4) is 11.8 Å². The van der Waals surface area contributed by atoms with Crippen molar-refractivity contribution in [3.05, 3.63) is 118 Å². The summed E-state index contributed by atoms with van der Waals surface area (Å²) in [4.78, 5) is 48.7. The number of aldehydes is 2. The number of hydrogen-bond donors (Lipinski definition) is 0. The highest BCUT2D eigenvalue weighted by Crippen LogP contribution is 2.04. The zero-order valence-electron chi connectivity index (χ0n) is 25.2. The molecule has 0 spiro atoms. The predicted molar refractivity (Wildman–Crippen MR) is 169 cm³/mol. The molecule has 0 bridgehead atoms. The van der Waals surface area contributed by atoms with Gasteiger partial charge >= 0.3 is 0 Å². The Hall–Kier alpha value is -5.56. The molecule has 44 heavy (non-hydrogen) atoms. The van der Waals surface area contributed by atoms with Crippen molar-refractivity contribution in [2.24, 2.45) is 10.3 Å². The van der Waals surface area contributed by atoms with Gasteiger partial charge in [-0.05, 0) is 95.0 Å². The van der Waals surface area contributed by atoms with Crippen LogP contribution in [-0.4, -0.2) is 57.1 Å². The molecule has 0 aliphatic heterocycles. The van der Waals surface area contributed by atoms with E-state index in [2.05, 4.69) is 42.1 Å². The van der Waals surface area contributed by atoms with Crippen LogP contribution in [0.25, 0.3) is 0 Å². The van der Waals surface area contributed by atoms with E-state index in [1.165, 1.54) is 0 Å². The lowest BCUT2D eigenvalue weighted by Gasteiger charge is -2.03. The molecule has 10 nitrogen and oxygen atoms in total. The van der Waals surface area contributed by atoms with Crippen molar-refractivity contribution in [2.45, 2.75) is 40.5 Å². The fourth-order valence-electron chi connectivity index (χ4n) is 3.62. The number of aryl methyl sites for hydroxylation is 3. The van der Waals surface area contributed by atoms with E-state index in [-0.39, 0.29) is 6.61 Å². The van der Waals surface area contributed by atoms with E-state index in [0.717, 1.165) is 53.3 Å². The lowest BCUT2D eigenvalue weighted by atomic mass is 10.2. The maximum Gasteiger partial charge on any atom is 0.177 e. The first-order chi connectivity index (χ1) is 21.4. The van der Waals surface area contributed by atoms with Crippen LogP contribution >= 0.6 is 0 Å². The Balaban J connectivity index is 0.000000240. The van der Waals surface area contributed by atoms with Gasteiger partial charge in [-0.3, -0.25) is 24.5 Å². The zero-order chi connectivity index (χ0) is 31.6. The fraction of sp³-hybridized carbons (Fsp3) is 0.235. The zero-order valence-corrected chi connectivity index (χ0v) is 25.2. The van der Waals surface area contributed by atoms with Crippen LogP contribution in [0.5, 0.6) is 0 Å². The molecule has 0 atom stereocenters. The van der Waals surface area contributed by atoms with Crippen molar-refractivity contribution >= 4 is 24.0 Å². The second-order valence-electron chi connectivity index (χ2n) is 9.43. The van der Waals surface area contributed by atoms with Gasteiger partial charge in [0.1, 0.15) is 35.1 Å². The maximum absolute atomic E-state index is 10.7. The molecular weight excluding hydrogens is 556 g/mol. The van der Waals surface area contributed by atoms with Crippen molar-refractivity contribution < 1.29 is 19.3 Å². The number of carbonyl (C=O) groups is 2. The molecule has 0 saturated carbocycles. The van der Waals surface area contributed by atoms with Crippen LogP contribution in [0.3, 0.4) is 0 Å². The summed E-state index contributed by atoms with van der Waals surface area (Å²) in [6.45, 7) is 8.19. The van der Waals surface area contributed by atoms with Crippen molar-refractivity contribution in [1.82, 2.24) is 19.9 Å². The largest absolute Gasteiger partial charge is 0.396 e. The van der Waals surface area contributed by atoms with Crippen LogP contribution in [0, 0.1) is 25.7 Å². The molecule has 0 aromatic carbocycles. The Morgan fingerprint density at radius 3 is 1.91 bits per heavy atom. The van der Waals surface area contributed by atoms with Crippen LogP contribution in [0.4, 0.5) is 0 Å². The van der Waals surface area contributed by atoms with Gasteiger partial charge in [0.15, 0.2) is 19.2 Å². The van der Waals surface area contributed by atoms with Gasteiger partial charge in [-0.25, -0.2) is 4.98 Å². The highest BCUT2D eigenvalue weighted by atomic mass is 16.6. The summed E-state index contributed by atoms with van der Waals surface area (Å²) in [5, 5.41) is 8.05. The van der Waals surface area contributed by atoms with E-state index in [1.807, 2.05) is 76.2 Å². The minimum Gasteiger partial charge on any atom is -0.396 e. The van der Waals surface area contributed by atoms with Gasteiger partial charge in [0.2, 0.25) is 0 Å². The molecule has 0 unspecified atom stereocenters. The van der Waals surface area contributed by atoms with Crippen LogP contribution in [0.1, 0.15) is 75.4 Å². The van der Waals surface area contributed by atoms with Crippen LogP contribution < -0.4 is 0 Å². The standard InChI is InChI=1S/C17H19N3O2.C17H15N3O2/c2*1-13-6-3-10-17(18-13)14(2)20-22-11-5-9-15-7-4-8-16(12-21)19-15/h3-4,6-8,10,12H,5,9,11H2,1-2H3;3-4,6-8,10,12H,11H2,1-2H3/b2*20-14+. The number of oxime groups is 2. The second kappa shape index (κ2) is 18.1. The smallest absolute Gasteiger partial charge is 0.177 e. The Labute approximate surface area is 257 Å². The quantitative estimate of drug-likeness (QED) is 0.0751. The fourth-order valence-corrected chi connectivity index (χ4v) is 3.62. The third kappa shape index (κ3) is 11.7. The molecule has 0 N–H and O–H groups in total. The minimum atomic E-state index is 0.135. The van der Waals surface area contributed by atoms with Crippen LogP contribution in [-0.2, 0) is 16.1 Å². The lowest BCUT2D eigenvalue weighted by molar-refractivity contribution is 0.111. The van der Waals surface area contributed by atoms with Gasteiger partial charge in [0, 0.05) is 17.1 Å². The first-order valence-electron chi connectivity index (χ1n) is 13.9. The Morgan fingerprint density at radius 1 is 0.727 bits per heavy atom. The summed E-state index contributed by atoms with van der Waals surface area (Å²) in [6.07, 6.45) is 2.97. The SMILES string of the molecule is C/C(=N\OCC#Cc1cccc(C=O)n1)c1cccc(C)n1.C/C(=N\OCCCc1cccc(C=O)n1)c1cccc(C)n1. The Kier molecular flexibility index (Phi) is 13.5. The molecule has 0 saturated heterocycles. The number of rotatable bonds is 11. The van der Waals surface area contributed by atoms with E-state index in [9.17, 15) is 9.59 Å². The van der Waals surface area contributed by atoms with Crippen molar-refractivity contribution in [2.75, 3.05) is 13.2 Å². The van der Waals surface area contributed by atoms with Gasteiger partial charge in [0.05, 0.1) is 11.4 Å². The summed E-state index contributed by atoms with van der Waals surface area (Å²) in [6, 6.07) is 22.0. The number of hydrogen-bond acceptors (Lipinski definition) is 10.